The molecule has 2 heterocycles. The lowest BCUT2D eigenvalue weighted by Crippen LogP contribution is -2.32. The van der Waals surface area contributed by atoms with Gasteiger partial charge < -0.3 is 9.84 Å². The van der Waals surface area contributed by atoms with Crippen molar-refractivity contribution < 1.29 is 14.6 Å². The first-order chi connectivity index (χ1) is 15.8. The maximum Gasteiger partial charge on any atom is 0.307 e. The molecule has 2 aromatic carbocycles. The molecule has 6 rings (SSSR count). The van der Waals surface area contributed by atoms with Gasteiger partial charge in [-0.3, -0.25) is 10.1 Å². The minimum absolute atomic E-state index is 0.0993. The van der Waals surface area contributed by atoms with Crippen LogP contribution in [-0.2, 0) is 23.4 Å². The summed E-state index contributed by atoms with van der Waals surface area (Å²) in [5, 5.41) is 13.1. The van der Waals surface area contributed by atoms with E-state index in [4.69, 9.17) is 4.74 Å². The number of carboxylic acids is 1. The molecular formula is C28H28N2O3. The van der Waals surface area contributed by atoms with Gasteiger partial charge >= 0.3 is 5.97 Å². The van der Waals surface area contributed by atoms with Crippen LogP contribution in [0.2, 0.25) is 0 Å². The van der Waals surface area contributed by atoms with Crippen molar-refractivity contribution in [2.45, 2.75) is 51.3 Å². The quantitative estimate of drug-likeness (QED) is 0.592. The minimum Gasteiger partial charge on any atom is -0.481 e. The lowest BCUT2D eigenvalue weighted by Gasteiger charge is -2.22. The number of hydrogen-bond acceptors (Lipinski definition) is 4. The van der Waals surface area contributed by atoms with E-state index in [1.54, 1.807) is 0 Å². The number of aliphatic carboxylic acids is 1. The first-order valence-electron chi connectivity index (χ1n) is 11.6. The van der Waals surface area contributed by atoms with E-state index in [0.717, 1.165) is 17.5 Å². The fourth-order valence-corrected chi connectivity index (χ4v) is 6.02. The van der Waals surface area contributed by atoms with Crippen LogP contribution >= 0.6 is 0 Å². The van der Waals surface area contributed by atoms with Gasteiger partial charge in [0.25, 0.3) is 0 Å². The van der Waals surface area contributed by atoms with Crippen LogP contribution in [0.5, 0.6) is 5.88 Å². The maximum absolute atomic E-state index is 11.3. The summed E-state index contributed by atoms with van der Waals surface area (Å²) in [6.07, 6.45) is 2.63. The number of fused-ring (bicyclic) bond motifs is 4. The predicted molar refractivity (Wildman–Crippen MR) is 125 cm³/mol. The van der Waals surface area contributed by atoms with Gasteiger partial charge in [-0.15, -0.1) is 0 Å². The highest BCUT2D eigenvalue weighted by molar-refractivity contribution is 5.77. The number of nitrogens with one attached hydrogen (secondary N) is 1. The summed E-state index contributed by atoms with van der Waals surface area (Å²) in [5.74, 6) is 0.0765. The van der Waals surface area contributed by atoms with Gasteiger partial charge in [-0.2, -0.15) is 0 Å². The maximum atomic E-state index is 11.3. The molecule has 1 unspecified atom stereocenters. The SMILES string of the molecule is Cc1ccccc1C1NC(C)(C)c2ccc(COc3cc4c(cn3)[C@H]3[C@@H](C4)[C@@H]3C(=O)O)cc21. The summed E-state index contributed by atoms with van der Waals surface area (Å²) in [6, 6.07) is 17.3. The van der Waals surface area contributed by atoms with Gasteiger partial charge in [0.1, 0.15) is 6.61 Å². The molecule has 3 aromatic rings. The molecule has 4 atom stereocenters. The molecule has 33 heavy (non-hydrogen) atoms. The molecule has 0 saturated heterocycles. The highest BCUT2D eigenvalue weighted by Gasteiger charge is 2.59. The largest absolute Gasteiger partial charge is 0.481 e. The fraction of sp³-hybridized carbons (Fsp3) is 0.357. The smallest absolute Gasteiger partial charge is 0.307 e. The second kappa shape index (κ2) is 7.16. The van der Waals surface area contributed by atoms with E-state index < -0.39 is 5.97 Å². The van der Waals surface area contributed by atoms with Crippen LogP contribution in [0.1, 0.15) is 64.8 Å². The van der Waals surface area contributed by atoms with Crippen molar-refractivity contribution in [2.24, 2.45) is 11.8 Å². The lowest BCUT2D eigenvalue weighted by molar-refractivity contribution is -0.139. The third-order valence-electron chi connectivity index (χ3n) is 7.76. The molecule has 2 N–H and O–H groups in total. The zero-order valence-electron chi connectivity index (χ0n) is 19.1. The van der Waals surface area contributed by atoms with E-state index in [0.29, 0.717) is 12.5 Å². The highest BCUT2D eigenvalue weighted by atomic mass is 16.5. The van der Waals surface area contributed by atoms with E-state index in [1.807, 2.05) is 12.3 Å². The highest BCUT2D eigenvalue weighted by Crippen LogP contribution is 2.61. The molecule has 5 heteroatoms. The number of nitrogens with zero attached hydrogens (tertiary/aromatic N) is 1. The molecule has 1 saturated carbocycles. The molecule has 1 aromatic heterocycles. The Morgan fingerprint density at radius 2 is 1.97 bits per heavy atom. The van der Waals surface area contributed by atoms with Crippen LogP contribution in [0.3, 0.4) is 0 Å². The molecule has 1 aliphatic heterocycles. The number of benzene rings is 2. The van der Waals surface area contributed by atoms with Gasteiger partial charge in [-0.05, 0) is 72.1 Å². The number of aromatic nitrogens is 1. The summed E-state index contributed by atoms with van der Waals surface area (Å²) in [7, 11) is 0. The minimum atomic E-state index is -0.686. The predicted octanol–water partition coefficient (Wildman–Crippen LogP) is 4.87. The molecule has 0 amide bonds. The molecular weight excluding hydrogens is 412 g/mol. The average molecular weight is 441 g/mol. The van der Waals surface area contributed by atoms with E-state index in [2.05, 4.69) is 73.5 Å². The van der Waals surface area contributed by atoms with E-state index >= 15 is 0 Å². The van der Waals surface area contributed by atoms with Crippen molar-refractivity contribution in [1.29, 1.82) is 0 Å². The summed E-state index contributed by atoms with van der Waals surface area (Å²) in [4.78, 5) is 15.8. The van der Waals surface area contributed by atoms with Gasteiger partial charge in [0, 0.05) is 23.7 Å². The Labute approximate surface area is 193 Å². The second-order valence-electron chi connectivity index (χ2n) is 10.2. The van der Waals surface area contributed by atoms with E-state index in [-0.39, 0.29) is 29.3 Å². The normalized spacial score (nSPS) is 25.8. The van der Waals surface area contributed by atoms with Crippen LogP contribution in [-0.4, -0.2) is 16.1 Å². The van der Waals surface area contributed by atoms with Crippen LogP contribution < -0.4 is 10.1 Å². The van der Waals surface area contributed by atoms with Gasteiger partial charge in [0.05, 0.1) is 12.0 Å². The van der Waals surface area contributed by atoms with Crippen LogP contribution in [0.25, 0.3) is 0 Å². The number of carboxylic acid groups (broad SMARTS) is 1. The Morgan fingerprint density at radius 1 is 1.15 bits per heavy atom. The fourth-order valence-electron chi connectivity index (χ4n) is 6.02. The topological polar surface area (TPSA) is 71.5 Å². The average Bonchev–Trinajstić information content (AvgIpc) is 3.28. The number of hydrogen-bond donors (Lipinski definition) is 2. The van der Waals surface area contributed by atoms with Crippen molar-refractivity contribution >= 4 is 5.97 Å². The van der Waals surface area contributed by atoms with Crippen molar-refractivity contribution in [3.63, 3.8) is 0 Å². The summed E-state index contributed by atoms with van der Waals surface area (Å²) >= 11 is 0. The molecule has 5 nitrogen and oxygen atoms in total. The first-order valence-corrected chi connectivity index (χ1v) is 11.6. The summed E-state index contributed by atoms with van der Waals surface area (Å²) < 4.78 is 6.07. The van der Waals surface area contributed by atoms with Crippen molar-refractivity contribution in [2.75, 3.05) is 0 Å². The Bertz CT molecular complexity index is 1280. The number of aryl methyl sites for hydroxylation is 1. The number of rotatable bonds is 5. The standard InChI is InChI=1S/C28H28N2O3/c1-15-6-4-5-7-18(15)26-19-10-16(8-9-22(19)28(2,3)30-26)14-33-23-12-17-11-20-24(21(17)13-29-23)25(20)27(31)32/h4-10,12-13,20,24-26,30H,11,14H2,1-3H3,(H,31,32)/t20-,24-,25+,26?/m1/s1. The van der Waals surface area contributed by atoms with Crippen molar-refractivity contribution in [3.8, 4) is 5.88 Å². The molecule has 168 valence electrons. The van der Waals surface area contributed by atoms with Crippen molar-refractivity contribution in [3.05, 3.63) is 93.7 Å². The van der Waals surface area contributed by atoms with Gasteiger partial charge in [0.2, 0.25) is 5.88 Å². The zero-order valence-corrected chi connectivity index (χ0v) is 19.1. The number of pyridine rings is 1. The van der Waals surface area contributed by atoms with Crippen LogP contribution in [0.15, 0.2) is 54.7 Å². The first kappa shape index (κ1) is 20.4. The Hall–Kier alpha value is -3.18. The third-order valence-corrected chi connectivity index (χ3v) is 7.76. The van der Waals surface area contributed by atoms with Crippen LogP contribution in [0, 0.1) is 18.8 Å². The Morgan fingerprint density at radius 3 is 2.76 bits per heavy atom. The van der Waals surface area contributed by atoms with Gasteiger partial charge in [-0.25, -0.2) is 4.98 Å². The lowest BCUT2D eigenvalue weighted by atomic mass is 9.90. The molecule has 0 bridgehead atoms. The molecule has 1 fully saturated rings. The number of carbonyl (C=O) groups is 1. The number of ether oxygens (including phenoxy) is 1. The monoisotopic (exact) mass is 440 g/mol. The Kier molecular flexibility index (Phi) is 4.43. The Balaban J connectivity index is 1.22. The zero-order chi connectivity index (χ0) is 22.9. The van der Waals surface area contributed by atoms with Gasteiger partial charge in [-0.1, -0.05) is 42.5 Å². The molecule has 0 radical (unpaired) electrons. The van der Waals surface area contributed by atoms with Crippen molar-refractivity contribution in [1.82, 2.24) is 10.3 Å². The summed E-state index contributed by atoms with van der Waals surface area (Å²) in [6.45, 7) is 7.07. The van der Waals surface area contributed by atoms with Gasteiger partial charge in [0.15, 0.2) is 0 Å². The molecule has 3 aliphatic rings. The van der Waals surface area contributed by atoms with Crippen LogP contribution in [0.4, 0.5) is 0 Å². The molecule has 0 spiro atoms. The summed E-state index contributed by atoms with van der Waals surface area (Å²) in [5.41, 5.74) is 8.51. The van der Waals surface area contributed by atoms with E-state index in [9.17, 15) is 9.90 Å². The molecule has 2 aliphatic carbocycles. The second-order valence-corrected chi connectivity index (χ2v) is 10.2. The third kappa shape index (κ3) is 3.25. The van der Waals surface area contributed by atoms with E-state index in [1.165, 1.54) is 27.8 Å².